The highest BCUT2D eigenvalue weighted by molar-refractivity contribution is 7.89. The van der Waals surface area contributed by atoms with Gasteiger partial charge in [-0.15, -0.1) is 0 Å². The molecule has 7 heteroatoms. The first-order valence-electron chi connectivity index (χ1n) is 5.48. The summed E-state index contributed by atoms with van der Waals surface area (Å²) in [6, 6.07) is 6.96. The van der Waals surface area contributed by atoms with Crippen molar-refractivity contribution < 1.29 is 13.2 Å². The number of primary amides is 1. The van der Waals surface area contributed by atoms with Gasteiger partial charge in [-0.3, -0.25) is 4.79 Å². The molecule has 0 unspecified atom stereocenters. The topological polar surface area (TPSA) is 115 Å². The number of hydrogen-bond acceptors (Lipinski definition) is 4. The van der Waals surface area contributed by atoms with Crippen LogP contribution in [0, 0.1) is 0 Å². The monoisotopic (exact) mass is 271 g/mol. The van der Waals surface area contributed by atoms with Gasteiger partial charge in [-0.25, -0.2) is 13.6 Å². The molecule has 1 aromatic carbocycles. The molecule has 0 spiro atoms. The molecule has 0 heterocycles. The predicted molar refractivity (Wildman–Crippen MR) is 69.3 cm³/mol. The van der Waals surface area contributed by atoms with Gasteiger partial charge in [0.25, 0.3) is 0 Å². The molecule has 0 atom stereocenters. The van der Waals surface area contributed by atoms with E-state index in [1.54, 1.807) is 18.2 Å². The number of amides is 1. The largest absolute Gasteiger partial charge is 0.366 e. The number of carbonyl (C=O) groups excluding carboxylic acids is 1. The lowest BCUT2D eigenvalue weighted by Gasteiger charge is -2.05. The van der Waals surface area contributed by atoms with Gasteiger partial charge in [-0.1, -0.05) is 12.1 Å². The molecule has 0 saturated heterocycles. The minimum Gasteiger partial charge on any atom is -0.366 e. The molecule has 1 aromatic rings. The Hall–Kier alpha value is -1.44. The first-order chi connectivity index (χ1) is 8.38. The van der Waals surface area contributed by atoms with Crippen molar-refractivity contribution in [3.05, 3.63) is 35.4 Å². The zero-order valence-corrected chi connectivity index (χ0v) is 10.7. The second kappa shape index (κ2) is 6.48. The lowest BCUT2D eigenvalue weighted by molar-refractivity contribution is 0.1000. The van der Waals surface area contributed by atoms with E-state index in [2.05, 4.69) is 5.32 Å². The molecule has 18 heavy (non-hydrogen) atoms. The Morgan fingerprint density at radius 2 is 2.06 bits per heavy atom. The van der Waals surface area contributed by atoms with Gasteiger partial charge in [0.05, 0.1) is 5.75 Å². The van der Waals surface area contributed by atoms with Crippen LogP contribution in [0.5, 0.6) is 0 Å². The van der Waals surface area contributed by atoms with Gasteiger partial charge in [0.15, 0.2) is 0 Å². The van der Waals surface area contributed by atoms with Crippen molar-refractivity contribution in [1.29, 1.82) is 0 Å². The fraction of sp³-hybridized carbons (Fsp3) is 0.364. The predicted octanol–water partition coefficient (Wildman–Crippen LogP) is -0.446. The minimum atomic E-state index is -3.39. The average molecular weight is 271 g/mol. The van der Waals surface area contributed by atoms with Crippen LogP contribution in [0.1, 0.15) is 22.3 Å². The summed E-state index contributed by atoms with van der Waals surface area (Å²) in [7, 11) is -3.39. The molecule has 5 N–H and O–H groups in total. The van der Waals surface area contributed by atoms with Gasteiger partial charge >= 0.3 is 0 Å². The molecule has 1 amide bonds. The lowest BCUT2D eigenvalue weighted by Crippen LogP contribution is -2.22. The van der Waals surface area contributed by atoms with Crippen LogP contribution in [0.3, 0.4) is 0 Å². The fourth-order valence-electron chi connectivity index (χ4n) is 1.47. The van der Waals surface area contributed by atoms with Gasteiger partial charge in [-0.2, -0.15) is 0 Å². The highest BCUT2D eigenvalue weighted by atomic mass is 32.2. The van der Waals surface area contributed by atoms with Gasteiger partial charge in [0.2, 0.25) is 15.9 Å². The summed E-state index contributed by atoms with van der Waals surface area (Å²) in [5, 5.41) is 7.94. The van der Waals surface area contributed by atoms with Crippen molar-refractivity contribution in [2.24, 2.45) is 10.9 Å². The van der Waals surface area contributed by atoms with Crippen molar-refractivity contribution in [2.75, 3.05) is 12.3 Å². The van der Waals surface area contributed by atoms with E-state index < -0.39 is 15.9 Å². The Balaban J connectivity index is 2.36. The number of benzene rings is 1. The van der Waals surface area contributed by atoms with Crippen molar-refractivity contribution in [3.8, 4) is 0 Å². The van der Waals surface area contributed by atoms with E-state index in [0.717, 1.165) is 5.56 Å². The maximum atomic E-state index is 11.0. The maximum absolute atomic E-state index is 11.0. The fourth-order valence-corrected chi connectivity index (χ4v) is 2.01. The Bertz CT molecular complexity index is 514. The van der Waals surface area contributed by atoms with Crippen LogP contribution in [0.15, 0.2) is 24.3 Å². The number of sulfonamides is 1. The molecule has 1 rings (SSSR count). The smallest absolute Gasteiger partial charge is 0.248 e. The van der Waals surface area contributed by atoms with Gasteiger partial charge in [0, 0.05) is 12.1 Å². The second-order valence-corrected chi connectivity index (χ2v) is 5.70. The van der Waals surface area contributed by atoms with E-state index in [0.29, 0.717) is 25.1 Å². The van der Waals surface area contributed by atoms with E-state index in [4.69, 9.17) is 10.9 Å². The third-order valence-corrected chi connectivity index (χ3v) is 3.18. The molecule has 0 aliphatic carbocycles. The van der Waals surface area contributed by atoms with Crippen LogP contribution in [-0.4, -0.2) is 26.6 Å². The van der Waals surface area contributed by atoms with E-state index in [1.807, 2.05) is 6.07 Å². The molecule has 0 bridgehead atoms. The molecule has 100 valence electrons. The molecule has 0 radical (unpaired) electrons. The normalized spacial score (nSPS) is 11.4. The number of rotatable bonds is 7. The summed E-state index contributed by atoms with van der Waals surface area (Å²) in [5.74, 6) is -0.507. The third kappa shape index (κ3) is 5.76. The molecule has 0 aromatic heterocycles. The van der Waals surface area contributed by atoms with Crippen LogP contribution in [0.25, 0.3) is 0 Å². The Kier molecular flexibility index (Phi) is 5.26. The molecule has 0 aliphatic rings. The zero-order valence-electron chi connectivity index (χ0n) is 9.93. The van der Waals surface area contributed by atoms with Crippen LogP contribution in [-0.2, 0) is 16.6 Å². The molecule has 0 fully saturated rings. The van der Waals surface area contributed by atoms with E-state index >= 15 is 0 Å². The van der Waals surface area contributed by atoms with Gasteiger partial charge in [-0.05, 0) is 30.7 Å². The van der Waals surface area contributed by atoms with Gasteiger partial charge < -0.3 is 11.1 Å². The SMILES string of the molecule is NC(=O)c1cccc(CNCCCS(N)(=O)=O)c1. The molecular formula is C11H17N3O3S. The molecule has 6 nitrogen and oxygen atoms in total. The van der Waals surface area contributed by atoms with Crippen LogP contribution >= 0.6 is 0 Å². The standard InChI is InChI=1S/C11H17N3O3S/c12-11(15)10-4-1-3-9(7-10)8-14-5-2-6-18(13,16)17/h1,3-4,7,14H,2,5-6,8H2,(H2,12,15)(H2,13,16,17). The summed E-state index contributed by atoms with van der Waals surface area (Å²) in [6.45, 7) is 1.09. The van der Waals surface area contributed by atoms with Gasteiger partial charge in [0.1, 0.15) is 0 Å². The van der Waals surface area contributed by atoms with Crippen LogP contribution in [0.4, 0.5) is 0 Å². The van der Waals surface area contributed by atoms with Crippen LogP contribution < -0.4 is 16.2 Å². The molecule has 0 aliphatic heterocycles. The summed E-state index contributed by atoms with van der Waals surface area (Å²) in [4.78, 5) is 11.0. The van der Waals surface area contributed by atoms with Crippen LogP contribution in [0.2, 0.25) is 0 Å². The zero-order chi connectivity index (χ0) is 13.6. The second-order valence-electron chi connectivity index (χ2n) is 3.96. The van der Waals surface area contributed by atoms with Crippen molar-refractivity contribution >= 4 is 15.9 Å². The number of nitrogens with two attached hydrogens (primary N) is 2. The van der Waals surface area contributed by atoms with E-state index in [1.165, 1.54) is 0 Å². The van der Waals surface area contributed by atoms with E-state index in [-0.39, 0.29) is 5.75 Å². The maximum Gasteiger partial charge on any atom is 0.248 e. The number of primary sulfonamides is 1. The Morgan fingerprint density at radius 3 is 2.67 bits per heavy atom. The number of nitrogens with one attached hydrogen (secondary N) is 1. The van der Waals surface area contributed by atoms with E-state index in [9.17, 15) is 13.2 Å². The lowest BCUT2D eigenvalue weighted by atomic mass is 10.1. The Labute approximate surface area is 106 Å². The number of hydrogen-bond donors (Lipinski definition) is 3. The number of carbonyl (C=O) groups is 1. The Morgan fingerprint density at radius 1 is 1.33 bits per heavy atom. The minimum absolute atomic E-state index is 0.0404. The quantitative estimate of drug-likeness (QED) is 0.583. The summed E-state index contributed by atoms with van der Waals surface area (Å²) < 4.78 is 21.4. The summed E-state index contributed by atoms with van der Waals surface area (Å²) in [5.41, 5.74) is 6.54. The molecule has 0 saturated carbocycles. The average Bonchev–Trinajstić information content (AvgIpc) is 2.27. The molecular weight excluding hydrogens is 254 g/mol. The first-order valence-corrected chi connectivity index (χ1v) is 7.20. The third-order valence-electron chi connectivity index (χ3n) is 2.32. The highest BCUT2D eigenvalue weighted by Crippen LogP contribution is 2.04. The first kappa shape index (κ1) is 14.6. The highest BCUT2D eigenvalue weighted by Gasteiger charge is 2.02. The van der Waals surface area contributed by atoms with Crippen molar-refractivity contribution in [2.45, 2.75) is 13.0 Å². The summed E-state index contributed by atoms with van der Waals surface area (Å²) in [6.07, 6.45) is 0.453. The van der Waals surface area contributed by atoms with Crippen molar-refractivity contribution in [1.82, 2.24) is 5.32 Å². The van der Waals surface area contributed by atoms with Crippen molar-refractivity contribution in [3.63, 3.8) is 0 Å². The summed E-state index contributed by atoms with van der Waals surface area (Å²) >= 11 is 0.